The van der Waals surface area contributed by atoms with E-state index in [1.54, 1.807) is 6.07 Å². The van der Waals surface area contributed by atoms with Crippen molar-refractivity contribution in [3.05, 3.63) is 29.3 Å². The van der Waals surface area contributed by atoms with E-state index in [0.29, 0.717) is 5.75 Å². The zero-order chi connectivity index (χ0) is 10.9. The third-order valence-corrected chi connectivity index (χ3v) is 2.62. The van der Waals surface area contributed by atoms with E-state index in [0.717, 1.165) is 11.1 Å². The highest BCUT2D eigenvalue weighted by Gasteiger charge is 2.24. The van der Waals surface area contributed by atoms with Gasteiger partial charge in [-0.2, -0.15) is 0 Å². The van der Waals surface area contributed by atoms with E-state index in [4.69, 9.17) is 5.73 Å². The molecule has 1 atom stereocenters. The first kappa shape index (κ1) is 11.1. The van der Waals surface area contributed by atoms with Crippen LogP contribution in [-0.4, -0.2) is 5.11 Å². The molecule has 0 saturated carbocycles. The summed E-state index contributed by atoms with van der Waals surface area (Å²) < 4.78 is 0. The van der Waals surface area contributed by atoms with E-state index in [1.807, 2.05) is 19.1 Å². The molecule has 1 rings (SSSR count). The largest absolute Gasteiger partial charge is 0.508 e. The topological polar surface area (TPSA) is 46.2 Å². The highest BCUT2D eigenvalue weighted by Crippen LogP contribution is 2.34. The molecule has 0 radical (unpaired) electrons. The van der Waals surface area contributed by atoms with Gasteiger partial charge in [-0.05, 0) is 29.5 Å². The third-order valence-electron chi connectivity index (χ3n) is 2.62. The van der Waals surface area contributed by atoms with Crippen LogP contribution in [0.5, 0.6) is 5.75 Å². The maximum Gasteiger partial charge on any atom is 0.118 e. The second-order valence-corrected chi connectivity index (χ2v) is 4.84. The van der Waals surface area contributed by atoms with Crippen LogP contribution in [0.4, 0.5) is 0 Å². The number of phenolic OH excluding ortho intramolecular Hbond substituents is 1. The molecule has 0 spiro atoms. The van der Waals surface area contributed by atoms with Crippen molar-refractivity contribution in [2.24, 2.45) is 11.1 Å². The first-order chi connectivity index (χ1) is 6.34. The van der Waals surface area contributed by atoms with E-state index < -0.39 is 0 Å². The molecule has 2 heteroatoms. The molecular formula is C12H19NO. The molecule has 3 N–H and O–H groups in total. The van der Waals surface area contributed by atoms with Crippen molar-refractivity contribution >= 4 is 0 Å². The van der Waals surface area contributed by atoms with Gasteiger partial charge in [0, 0.05) is 6.04 Å². The molecule has 1 aromatic carbocycles. The summed E-state index contributed by atoms with van der Waals surface area (Å²) in [5, 5.41) is 9.56. The monoisotopic (exact) mass is 193 g/mol. The Balaban J connectivity index is 3.14. The van der Waals surface area contributed by atoms with Gasteiger partial charge in [-0.15, -0.1) is 0 Å². The molecule has 0 aliphatic heterocycles. The lowest BCUT2D eigenvalue weighted by Crippen LogP contribution is -2.26. The summed E-state index contributed by atoms with van der Waals surface area (Å²) in [6, 6.07) is 5.46. The Morgan fingerprint density at radius 3 is 2.36 bits per heavy atom. The smallest absolute Gasteiger partial charge is 0.118 e. The van der Waals surface area contributed by atoms with Crippen LogP contribution in [0.2, 0.25) is 0 Å². The van der Waals surface area contributed by atoms with Crippen LogP contribution in [0.1, 0.15) is 37.9 Å². The van der Waals surface area contributed by atoms with E-state index >= 15 is 0 Å². The first-order valence-electron chi connectivity index (χ1n) is 4.88. The number of phenols is 1. The minimum Gasteiger partial charge on any atom is -0.508 e. The van der Waals surface area contributed by atoms with Crippen LogP contribution in [0.25, 0.3) is 0 Å². The lowest BCUT2D eigenvalue weighted by atomic mass is 9.81. The zero-order valence-corrected chi connectivity index (χ0v) is 9.33. The van der Waals surface area contributed by atoms with Crippen molar-refractivity contribution in [2.75, 3.05) is 0 Å². The lowest BCUT2D eigenvalue weighted by molar-refractivity contribution is 0.325. The van der Waals surface area contributed by atoms with Crippen LogP contribution in [0.15, 0.2) is 18.2 Å². The average molecular weight is 193 g/mol. The Labute approximate surface area is 85.8 Å². The van der Waals surface area contributed by atoms with Gasteiger partial charge in [0.2, 0.25) is 0 Å². The normalized spacial score (nSPS) is 14.1. The molecular weight excluding hydrogens is 174 g/mol. The zero-order valence-electron chi connectivity index (χ0n) is 9.33. The Kier molecular flexibility index (Phi) is 2.86. The Bertz CT molecular complexity index is 326. The Hall–Kier alpha value is -1.02. The highest BCUT2D eigenvalue weighted by molar-refractivity contribution is 5.40. The van der Waals surface area contributed by atoms with Crippen molar-refractivity contribution in [1.29, 1.82) is 0 Å². The van der Waals surface area contributed by atoms with Crippen molar-refractivity contribution in [1.82, 2.24) is 0 Å². The summed E-state index contributed by atoms with van der Waals surface area (Å²) >= 11 is 0. The summed E-state index contributed by atoms with van der Waals surface area (Å²) in [7, 11) is 0. The van der Waals surface area contributed by atoms with Crippen LogP contribution in [0.3, 0.4) is 0 Å². The first-order valence-corrected chi connectivity index (χ1v) is 4.88. The number of hydrogen-bond donors (Lipinski definition) is 2. The Morgan fingerprint density at radius 1 is 1.29 bits per heavy atom. The number of hydrogen-bond acceptors (Lipinski definition) is 2. The summed E-state index contributed by atoms with van der Waals surface area (Å²) in [6.07, 6.45) is 0. The number of nitrogens with two attached hydrogens (primary N) is 1. The fraction of sp³-hybridized carbons (Fsp3) is 0.500. The molecule has 0 unspecified atom stereocenters. The number of benzene rings is 1. The summed E-state index contributed by atoms with van der Waals surface area (Å²) in [6.45, 7) is 8.19. The van der Waals surface area contributed by atoms with Crippen molar-refractivity contribution in [3.8, 4) is 5.75 Å². The van der Waals surface area contributed by atoms with Crippen LogP contribution < -0.4 is 5.73 Å². The standard InChI is InChI=1S/C12H19NO/c1-8-9(6-5-7-10(8)14)11(13)12(2,3)4/h5-7,11,14H,13H2,1-4H3/t11-/m0/s1. The fourth-order valence-electron chi connectivity index (χ4n) is 1.44. The van der Waals surface area contributed by atoms with Gasteiger partial charge in [-0.3, -0.25) is 0 Å². The summed E-state index contributed by atoms with van der Waals surface area (Å²) in [4.78, 5) is 0. The van der Waals surface area contributed by atoms with Crippen molar-refractivity contribution in [2.45, 2.75) is 33.7 Å². The molecule has 0 amide bonds. The van der Waals surface area contributed by atoms with Gasteiger partial charge in [0.15, 0.2) is 0 Å². The predicted molar refractivity (Wildman–Crippen MR) is 59.2 cm³/mol. The van der Waals surface area contributed by atoms with Gasteiger partial charge in [0.1, 0.15) is 5.75 Å². The third kappa shape index (κ3) is 2.07. The molecule has 0 heterocycles. The minimum absolute atomic E-state index is 0.0125. The van der Waals surface area contributed by atoms with Crippen molar-refractivity contribution < 1.29 is 5.11 Å². The van der Waals surface area contributed by atoms with Crippen LogP contribution >= 0.6 is 0 Å². The molecule has 2 nitrogen and oxygen atoms in total. The van der Waals surface area contributed by atoms with Crippen LogP contribution in [0, 0.1) is 12.3 Å². The molecule has 78 valence electrons. The van der Waals surface area contributed by atoms with Gasteiger partial charge in [0.05, 0.1) is 0 Å². The molecule has 0 saturated heterocycles. The molecule has 0 fully saturated rings. The fourth-order valence-corrected chi connectivity index (χ4v) is 1.44. The molecule has 14 heavy (non-hydrogen) atoms. The number of aromatic hydroxyl groups is 1. The summed E-state index contributed by atoms with van der Waals surface area (Å²) in [5.41, 5.74) is 8.05. The Morgan fingerprint density at radius 2 is 1.86 bits per heavy atom. The van der Waals surface area contributed by atoms with E-state index in [-0.39, 0.29) is 11.5 Å². The summed E-state index contributed by atoms with van der Waals surface area (Å²) in [5.74, 6) is 0.321. The second kappa shape index (κ2) is 3.62. The van der Waals surface area contributed by atoms with Gasteiger partial charge in [-0.25, -0.2) is 0 Å². The lowest BCUT2D eigenvalue weighted by Gasteiger charge is -2.28. The van der Waals surface area contributed by atoms with Gasteiger partial charge in [-0.1, -0.05) is 32.9 Å². The van der Waals surface area contributed by atoms with Gasteiger partial charge >= 0.3 is 0 Å². The molecule has 0 bridgehead atoms. The van der Waals surface area contributed by atoms with Crippen LogP contribution in [-0.2, 0) is 0 Å². The van der Waals surface area contributed by atoms with Gasteiger partial charge in [0.25, 0.3) is 0 Å². The van der Waals surface area contributed by atoms with Gasteiger partial charge < -0.3 is 10.8 Å². The molecule has 1 aromatic rings. The average Bonchev–Trinajstić information content (AvgIpc) is 2.07. The quantitative estimate of drug-likeness (QED) is 0.720. The molecule has 0 aromatic heterocycles. The van der Waals surface area contributed by atoms with Crippen molar-refractivity contribution in [3.63, 3.8) is 0 Å². The molecule has 0 aliphatic carbocycles. The second-order valence-electron chi connectivity index (χ2n) is 4.84. The highest BCUT2D eigenvalue weighted by atomic mass is 16.3. The number of rotatable bonds is 1. The van der Waals surface area contributed by atoms with E-state index in [2.05, 4.69) is 20.8 Å². The SMILES string of the molecule is Cc1c(O)cccc1[C@H](N)C(C)(C)C. The minimum atomic E-state index is -0.0467. The maximum atomic E-state index is 9.56. The van der Waals surface area contributed by atoms with E-state index in [9.17, 15) is 5.11 Å². The predicted octanol–water partition coefficient (Wildman–Crippen LogP) is 2.75. The van der Waals surface area contributed by atoms with E-state index in [1.165, 1.54) is 0 Å². The molecule has 0 aliphatic rings. The maximum absolute atomic E-state index is 9.56.